The lowest BCUT2D eigenvalue weighted by atomic mass is 9.98. The van der Waals surface area contributed by atoms with Crippen LogP contribution in [0.5, 0.6) is 11.5 Å². The van der Waals surface area contributed by atoms with Gasteiger partial charge in [0.05, 0.1) is 14.2 Å². The Hall–Kier alpha value is -2.67. The van der Waals surface area contributed by atoms with Crippen LogP contribution in [0.25, 0.3) is 0 Å². The van der Waals surface area contributed by atoms with Gasteiger partial charge in [-0.2, -0.15) is 0 Å². The minimum atomic E-state index is -0.982. The van der Waals surface area contributed by atoms with Crippen LogP contribution in [-0.2, 0) is 17.8 Å². The summed E-state index contributed by atoms with van der Waals surface area (Å²) in [6.45, 7) is 2.12. The summed E-state index contributed by atoms with van der Waals surface area (Å²) in [6, 6.07) is 7.29. The number of ether oxygens (including phenoxy) is 2. The van der Waals surface area contributed by atoms with Crippen molar-refractivity contribution in [1.82, 2.24) is 4.90 Å². The van der Waals surface area contributed by atoms with Crippen LogP contribution in [-0.4, -0.2) is 38.1 Å². The number of hydrogen-bond donors (Lipinski definition) is 1. The highest BCUT2D eigenvalue weighted by molar-refractivity contribution is 5.90. The molecule has 144 valence electrons. The number of nitrogens with zero attached hydrogens (tertiary/aromatic N) is 1. The predicted molar refractivity (Wildman–Crippen MR) is 98.1 cm³/mol. The Morgan fingerprint density at radius 1 is 1.07 bits per heavy atom. The second-order valence-electron chi connectivity index (χ2n) is 6.43. The van der Waals surface area contributed by atoms with Crippen molar-refractivity contribution in [1.29, 1.82) is 0 Å². The molecule has 0 atom stereocenters. The van der Waals surface area contributed by atoms with Gasteiger partial charge in [0.25, 0.3) is 0 Å². The molecule has 2 aromatic carbocycles. The van der Waals surface area contributed by atoms with Crippen molar-refractivity contribution in [2.75, 3.05) is 32.6 Å². The molecule has 3 rings (SSSR count). The predicted octanol–water partition coefficient (Wildman–Crippen LogP) is 3.37. The van der Waals surface area contributed by atoms with Crippen LogP contribution in [0.3, 0.4) is 0 Å². The summed E-state index contributed by atoms with van der Waals surface area (Å²) in [7, 11) is 3.22. The average Bonchev–Trinajstić information content (AvgIpc) is 2.67. The normalized spacial score (nSPS) is 13.8. The van der Waals surface area contributed by atoms with Crippen LogP contribution in [0.2, 0.25) is 0 Å². The van der Waals surface area contributed by atoms with Crippen molar-refractivity contribution < 1.29 is 23.0 Å². The van der Waals surface area contributed by atoms with Crippen LogP contribution in [0.1, 0.15) is 17.5 Å². The molecule has 1 aliphatic heterocycles. The molecule has 0 radical (unpaired) electrons. The number of nitrogens with one attached hydrogen (secondary N) is 1. The molecule has 27 heavy (non-hydrogen) atoms. The van der Waals surface area contributed by atoms with Gasteiger partial charge in [0.1, 0.15) is 0 Å². The number of fused-ring (bicyclic) bond motifs is 1. The molecule has 0 unspecified atom stereocenters. The molecule has 0 fully saturated rings. The Morgan fingerprint density at radius 2 is 1.78 bits per heavy atom. The third-order valence-electron chi connectivity index (χ3n) is 4.66. The maximum atomic E-state index is 13.2. The largest absolute Gasteiger partial charge is 0.493 e. The van der Waals surface area contributed by atoms with Crippen LogP contribution in [0.4, 0.5) is 14.5 Å². The summed E-state index contributed by atoms with van der Waals surface area (Å²) in [5.41, 5.74) is 2.62. The summed E-state index contributed by atoms with van der Waals surface area (Å²) < 4.78 is 36.8. The first-order chi connectivity index (χ1) is 13.0. The van der Waals surface area contributed by atoms with E-state index in [1.807, 2.05) is 12.1 Å². The molecule has 2 aromatic rings. The quantitative estimate of drug-likeness (QED) is 0.840. The molecular formula is C20H22F2N2O3. The van der Waals surface area contributed by atoms with Crippen molar-refractivity contribution >= 4 is 11.6 Å². The van der Waals surface area contributed by atoms with Gasteiger partial charge in [-0.25, -0.2) is 8.78 Å². The van der Waals surface area contributed by atoms with Gasteiger partial charge in [0, 0.05) is 37.8 Å². The highest BCUT2D eigenvalue weighted by Crippen LogP contribution is 2.33. The van der Waals surface area contributed by atoms with E-state index in [1.54, 1.807) is 14.2 Å². The molecule has 0 saturated heterocycles. The van der Waals surface area contributed by atoms with Gasteiger partial charge in [-0.1, -0.05) is 0 Å². The Kier molecular flexibility index (Phi) is 5.91. The van der Waals surface area contributed by atoms with Crippen molar-refractivity contribution in [3.05, 3.63) is 53.1 Å². The lowest BCUT2D eigenvalue weighted by Crippen LogP contribution is -2.33. The molecule has 1 amide bonds. The number of methoxy groups -OCH3 is 2. The van der Waals surface area contributed by atoms with E-state index in [0.717, 1.165) is 36.4 Å². The van der Waals surface area contributed by atoms with Crippen molar-refractivity contribution in [2.45, 2.75) is 19.4 Å². The number of amides is 1. The fourth-order valence-corrected chi connectivity index (χ4v) is 3.19. The zero-order valence-electron chi connectivity index (χ0n) is 15.4. The van der Waals surface area contributed by atoms with Gasteiger partial charge in [-0.15, -0.1) is 0 Å². The van der Waals surface area contributed by atoms with Crippen LogP contribution in [0, 0.1) is 11.6 Å². The Bertz CT molecular complexity index is 842. The molecule has 0 saturated carbocycles. The first kappa shape index (κ1) is 19.1. The molecule has 5 nitrogen and oxygen atoms in total. The van der Waals surface area contributed by atoms with E-state index in [9.17, 15) is 13.6 Å². The van der Waals surface area contributed by atoms with E-state index in [2.05, 4.69) is 10.2 Å². The molecule has 0 bridgehead atoms. The maximum Gasteiger partial charge on any atom is 0.225 e. The third kappa shape index (κ3) is 4.54. The van der Waals surface area contributed by atoms with Crippen LogP contribution >= 0.6 is 0 Å². The SMILES string of the molecule is COc1cc2c(cc1OC)CN(CCC(=O)Nc1ccc(F)c(F)c1)CC2. The summed E-state index contributed by atoms with van der Waals surface area (Å²) in [5.74, 6) is -0.749. The zero-order valence-corrected chi connectivity index (χ0v) is 15.4. The summed E-state index contributed by atoms with van der Waals surface area (Å²) >= 11 is 0. The fraction of sp³-hybridized carbons (Fsp3) is 0.350. The minimum Gasteiger partial charge on any atom is -0.493 e. The number of anilines is 1. The highest BCUT2D eigenvalue weighted by atomic mass is 19.2. The van der Waals surface area contributed by atoms with Gasteiger partial charge in [-0.05, 0) is 41.8 Å². The molecule has 0 aromatic heterocycles. The van der Waals surface area contributed by atoms with Crippen LogP contribution in [0.15, 0.2) is 30.3 Å². The number of rotatable bonds is 6. The van der Waals surface area contributed by atoms with E-state index >= 15 is 0 Å². The van der Waals surface area contributed by atoms with E-state index in [0.29, 0.717) is 18.8 Å². The van der Waals surface area contributed by atoms with E-state index in [4.69, 9.17) is 9.47 Å². The number of carbonyl (C=O) groups is 1. The van der Waals surface area contributed by atoms with E-state index in [-0.39, 0.29) is 18.0 Å². The molecular weight excluding hydrogens is 354 g/mol. The van der Waals surface area contributed by atoms with Gasteiger partial charge in [0.2, 0.25) is 5.91 Å². The second kappa shape index (κ2) is 8.35. The molecule has 1 aliphatic rings. The smallest absolute Gasteiger partial charge is 0.225 e. The lowest BCUT2D eigenvalue weighted by Gasteiger charge is -2.29. The van der Waals surface area contributed by atoms with Crippen molar-refractivity contribution in [3.63, 3.8) is 0 Å². The number of benzene rings is 2. The summed E-state index contributed by atoms with van der Waals surface area (Å²) in [4.78, 5) is 14.3. The van der Waals surface area contributed by atoms with Gasteiger partial charge < -0.3 is 14.8 Å². The zero-order chi connectivity index (χ0) is 19.4. The first-order valence-electron chi connectivity index (χ1n) is 8.71. The van der Waals surface area contributed by atoms with E-state index in [1.165, 1.54) is 11.6 Å². The second-order valence-corrected chi connectivity index (χ2v) is 6.43. The molecule has 1 heterocycles. The third-order valence-corrected chi connectivity index (χ3v) is 4.66. The van der Waals surface area contributed by atoms with Crippen molar-refractivity contribution in [3.8, 4) is 11.5 Å². The average molecular weight is 376 g/mol. The monoisotopic (exact) mass is 376 g/mol. The molecule has 0 spiro atoms. The highest BCUT2D eigenvalue weighted by Gasteiger charge is 2.20. The first-order valence-corrected chi connectivity index (χ1v) is 8.71. The number of halogens is 2. The van der Waals surface area contributed by atoms with Gasteiger partial charge >= 0.3 is 0 Å². The van der Waals surface area contributed by atoms with Gasteiger partial charge in [-0.3, -0.25) is 9.69 Å². The maximum absolute atomic E-state index is 13.2. The Balaban J connectivity index is 1.56. The summed E-state index contributed by atoms with van der Waals surface area (Å²) in [6.07, 6.45) is 1.13. The van der Waals surface area contributed by atoms with Crippen molar-refractivity contribution in [2.24, 2.45) is 0 Å². The number of hydrogen-bond acceptors (Lipinski definition) is 4. The summed E-state index contributed by atoms with van der Waals surface area (Å²) in [5, 5.41) is 2.59. The number of carbonyl (C=O) groups excluding carboxylic acids is 1. The molecule has 0 aliphatic carbocycles. The fourth-order valence-electron chi connectivity index (χ4n) is 3.19. The molecule has 7 heteroatoms. The van der Waals surface area contributed by atoms with E-state index < -0.39 is 11.6 Å². The van der Waals surface area contributed by atoms with Crippen LogP contribution < -0.4 is 14.8 Å². The Morgan fingerprint density at radius 3 is 2.44 bits per heavy atom. The standard InChI is InChI=1S/C20H22F2N2O3/c1-26-18-9-13-5-7-24(12-14(13)10-19(18)27-2)8-6-20(25)23-15-3-4-16(21)17(22)11-15/h3-4,9-11H,5-8,12H2,1-2H3,(H,23,25). The minimum absolute atomic E-state index is 0.237. The Labute approximate surface area is 156 Å². The topological polar surface area (TPSA) is 50.8 Å². The van der Waals surface area contributed by atoms with Gasteiger partial charge in [0.15, 0.2) is 23.1 Å². The molecule has 1 N–H and O–H groups in total. The lowest BCUT2D eigenvalue weighted by molar-refractivity contribution is -0.116.